The van der Waals surface area contributed by atoms with Crippen molar-refractivity contribution in [2.24, 2.45) is 23.2 Å². The van der Waals surface area contributed by atoms with Crippen LogP contribution in [0.1, 0.15) is 39.0 Å². The molecule has 0 heterocycles. The van der Waals surface area contributed by atoms with E-state index in [1.807, 2.05) is 0 Å². The Morgan fingerprint density at radius 2 is 2.10 bits per heavy atom. The van der Waals surface area contributed by atoms with Crippen molar-refractivity contribution in [2.45, 2.75) is 39.0 Å². The van der Waals surface area contributed by atoms with Crippen molar-refractivity contribution < 1.29 is 0 Å². The van der Waals surface area contributed by atoms with Gasteiger partial charge in [0.05, 0.1) is 0 Å². The fourth-order valence-electron chi connectivity index (χ4n) is 3.95. The second kappa shape index (κ2) is 1.44. The van der Waals surface area contributed by atoms with Gasteiger partial charge in [-0.3, -0.25) is 0 Å². The van der Waals surface area contributed by atoms with Crippen molar-refractivity contribution in [2.75, 3.05) is 0 Å². The molecule has 0 heteroatoms. The Kier molecular flexibility index (Phi) is 0.810. The zero-order valence-electron chi connectivity index (χ0n) is 6.77. The van der Waals surface area contributed by atoms with Gasteiger partial charge in [-0.2, -0.15) is 0 Å². The molecule has 3 fully saturated rings. The van der Waals surface area contributed by atoms with Crippen molar-refractivity contribution in [3.63, 3.8) is 0 Å². The highest BCUT2D eigenvalue weighted by atomic mass is 14.7. The Morgan fingerprint density at radius 3 is 2.80 bits per heavy atom. The minimum atomic E-state index is 0.944. The smallest absolute Gasteiger partial charge is 0.0235 e. The van der Waals surface area contributed by atoms with Gasteiger partial charge in [0, 0.05) is 0 Å². The Balaban J connectivity index is 1.96. The van der Waals surface area contributed by atoms with E-state index in [0.717, 1.165) is 17.3 Å². The molecule has 4 unspecified atom stereocenters. The van der Waals surface area contributed by atoms with Gasteiger partial charge in [-0.25, -0.2) is 0 Å². The highest BCUT2D eigenvalue weighted by Crippen LogP contribution is 2.74. The Morgan fingerprint density at radius 1 is 1.20 bits per heavy atom. The maximum Gasteiger partial charge on any atom is -0.0235 e. The summed E-state index contributed by atoms with van der Waals surface area (Å²) < 4.78 is 0. The first-order valence-electron chi connectivity index (χ1n) is 4.83. The SMILES string of the molecule is CC1CCC23CC2CCC13. The van der Waals surface area contributed by atoms with Crippen LogP contribution >= 0.6 is 0 Å². The summed E-state index contributed by atoms with van der Waals surface area (Å²) >= 11 is 0. The molecule has 0 aromatic carbocycles. The molecule has 0 saturated heterocycles. The summed E-state index contributed by atoms with van der Waals surface area (Å²) in [4.78, 5) is 0. The summed E-state index contributed by atoms with van der Waals surface area (Å²) in [6.45, 7) is 2.47. The molecule has 0 bridgehead atoms. The molecule has 3 rings (SSSR count). The minimum absolute atomic E-state index is 0.944. The van der Waals surface area contributed by atoms with Gasteiger partial charge >= 0.3 is 0 Å². The van der Waals surface area contributed by atoms with Gasteiger partial charge in [-0.15, -0.1) is 0 Å². The van der Waals surface area contributed by atoms with Crippen LogP contribution in [0.3, 0.4) is 0 Å². The lowest BCUT2D eigenvalue weighted by Crippen LogP contribution is -2.09. The van der Waals surface area contributed by atoms with E-state index in [4.69, 9.17) is 0 Å². The van der Waals surface area contributed by atoms with E-state index in [2.05, 4.69) is 6.92 Å². The van der Waals surface area contributed by atoms with Crippen LogP contribution < -0.4 is 0 Å². The molecule has 0 N–H and O–H groups in total. The van der Waals surface area contributed by atoms with Crippen LogP contribution in [0.4, 0.5) is 0 Å². The Hall–Kier alpha value is 0. The first-order chi connectivity index (χ1) is 4.83. The Labute approximate surface area is 63.0 Å². The van der Waals surface area contributed by atoms with Gasteiger partial charge in [0.25, 0.3) is 0 Å². The molecule has 1 spiro atoms. The largest absolute Gasteiger partial charge is 0.0622 e. The van der Waals surface area contributed by atoms with Crippen molar-refractivity contribution in [1.29, 1.82) is 0 Å². The molecule has 0 nitrogen and oxygen atoms in total. The third-order valence-electron chi connectivity index (χ3n) is 4.60. The first kappa shape index (κ1) is 5.62. The average molecular weight is 136 g/mol. The van der Waals surface area contributed by atoms with Gasteiger partial charge in [-0.05, 0) is 55.3 Å². The van der Waals surface area contributed by atoms with E-state index in [9.17, 15) is 0 Å². The van der Waals surface area contributed by atoms with Crippen molar-refractivity contribution >= 4 is 0 Å². The topological polar surface area (TPSA) is 0 Å². The van der Waals surface area contributed by atoms with Crippen molar-refractivity contribution in [3.05, 3.63) is 0 Å². The predicted octanol–water partition coefficient (Wildman–Crippen LogP) is 2.83. The first-order valence-corrected chi connectivity index (χ1v) is 4.83. The zero-order chi connectivity index (χ0) is 6.77. The van der Waals surface area contributed by atoms with E-state index in [1.165, 1.54) is 5.92 Å². The molecule has 3 saturated carbocycles. The van der Waals surface area contributed by atoms with Crippen LogP contribution in [0.25, 0.3) is 0 Å². The van der Waals surface area contributed by atoms with Crippen LogP contribution in [0.2, 0.25) is 0 Å². The Bertz CT molecular complexity index is 173. The van der Waals surface area contributed by atoms with E-state index in [1.54, 1.807) is 32.1 Å². The summed E-state index contributed by atoms with van der Waals surface area (Å²) in [5, 5.41) is 0. The number of hydrogen-bond acceptors (Lipinski definition) is 0. The van der Waals surface area contributed by atoms with Crippen LogP contribution in [-0.2, 0) is 0 Å². The summed E-state index contributed by atoms with van der Waals surface area (Å²) in [5.74, 6) is 3.44. The average Bonchev–Trinajstić information content (AvgIpc) is 2.35. The molecular formula is C10H16. The predicted molar refractivity (Wildman–Crippen MR) is 41.7 cm³/mol. The molecule has 0 aliphatic heterocycles. The summed E-state index contributed by atoms with van der Waals surface area (Å²) in [5.41, 5.74) is 0.944. The summed E-state index contributed by atoms with van der Waals surface area (Å²) in [7, 11) is 0. The van der Waals surface area contributed by atoms with Crippen LogP contribution in [0.5, 0.6) is 0 Å². The van der Waals surface area contributed by atoms with Crippen molar-refractivity contribution in [1.82, 2.24) is 0 Å². The third-order valence-corrected chi connectivity index (χ3v) is 4.60. The second-order valence-electron chi connectivity index (χ2n) is 4.83. The summed E-state index contributed by atoms with van der Waals surface area (Å²) in [6, 6.07) is 0. The third kappa shape index (κ3) is 0.436. The number of rotatable bonds is 0. The fourth-order valence-corrected chi connectivity index (χ4v) is 3.95. The molecule has 56 valence electrons. The van der Waals surface area contributed by atoms with Crippen LogP contribution in [-0.4, -0.2) is 0 Å². The highest BCUT2D eigenvalue weighted by Gasteiger charge is 2.65. The minimum Gasteiger partial charge on any atom is -0.0622 e. The molecular weight excluding hydrogens is 120 g/mol. The monoisotopic (exact) mass is 136 g/mol. The second-order valence-corrected chi connectivity index (χ2v) is 4.83. The zero-order valence-corrected chi connectivity index (χ0v) is 6.77. The number of hydrogen-bond donors (Lipinski definition) is 0. The van der Waals surface area contributed by atoms with Gasteiger partial charge in [0.1, 0.15) is 0 Å². The van der Waals surface area contributed by atoms with Crippen LogP contribution in [0.15, 0.2) is 0 Å². The van der Waals surface area contributed by atoms with E-state index >= 15 is 0 Å². The molecule has 3 aliphatic carbocycles. The van der Waals surface area contributed by atoms with E-state index < -0.39 is 0 Å². The normalized spacial score (nSPS) is 63.9. The molecule has 0 amide bonds. The molecule has 10 heavy (non-hydrogen) atoms. The maximum absolute atomic E-state index is 2.47. The molecule has 4 atom stereocenters. The van der Waals surface area contributed by atoms with Crippen molar-refractivity contribution in [3.8, 4) is 0 Å². The quantitative estimate of drug-likeness (QED) is 0.480. The highest BCUT2D eigenvalue weighted by molar-refractivity contribution is 5.14. The van der Waals surface area contributed by atoms with E-state index in [-0.39, 0.29) is 0 Å². The molecule has 0 radical (unpaired) electrons. The maximum atomic E-state index is 2.47. The lowest BCUT2D eigenvalue weighted by Gasteiger charge is -2.16. The lowest BCUT2D eigenvalue weighted by molar-refractivity contribution is 0.327. The lowest BCUT2D eigenvalue weighted by atomic mass is 9.89. The molecule has 0 aromatic heterocycles. The molecule has 3 aliphatic rings. The van der Waals surface area contributed by atoms with Gasteiger partial charge < -0.3 is 0 Å². The van der Waals surface area contributed by atoms with Gasteiger partial charge in [0.2, 0.25) is 0 Å². The standard InChI is InChI=1S/C10H16/c1-7-4-5-10-6-8(10)2-3-9(7)10/h7-9H,2-6H2,1H3. The van der Waals surface area contributed by atoms with E-state index in [0.29, 0.717) is 0 Å². The molecule has 0 aromatic rings. The fraction of sp³-hybridized carbons (Fsp3) is 1.00. The van der Waals surface area contributed by atoms with Crippen LogP contribution in [0, 0.1) is 23.2 Å². The summed E-state index contributed by atoms with van der Waals surface area (Å²) in [6.07, 6.45) is 7.90. The van der Waals surface area contributed by atoms with Gasteiger partial charge in [0.15, 0.2) is 0 Å². The van der Waals surface area contributed by atoms with Gasteiger partial charge in [-0.1, -0.05) is 6.92 Å².